The SMILES string of the molecule is Cc1ccc(C2(CN)CNC(=O)O2)cc1C. The molecule has 2 rings (SSSR count). The fourth-order valence-corrected chi connectivity index (χ4v) is 1.88. The number of benzene rings is 1. The highest BCUT2D eigenvalue weighted by molar-refractivity contribution is 5.70. The molecular formula is C12H16N2O2. The van der Waals surface area contributed by atoms with E-state index >= 15 is 0 Å². The van der Waals surface area contributed by atoms with Gasteiger partial charge in [-0.3, -0.25) is 0 Å². The summed E-state index contributed by atoms with van der Waals surface area (Å²) >= 11 is 0. The monoisotopic (exact) mass is 220 g/mol. The largest absolute Gasteiger partial charge is 0.435 e. The lowest BCUT2D eigenvalue weighted by atomic mass is 9.91. The number of nitrogens with one attached hydrogen (secondary N) is 1. The van der Waals surface area contributed by atoms with Crippen molar-refractivity contribution in [3.05, 3.63) is 34.9 Å². The van der Waals surface area contributed by atoms with Crippen molar-refractivity contribution in [3.8, 4) is 0 Å². The predicted octanol–water partition coefficient (Wildman–Crippen LogP) is 1.20. The molecule has 0 aliphatic carbocycles. The van der Waals surface area contributed by atoms with E-state index in [1.807, 2.05) is 32.0 Å². The summed E-state index contributed by atoms with van der Waals surface area (Å²) in [6.45, 7) is 4.81. The van der Waals surface area contributed by atoms with E-state index in [0.717, 1.165) is 5.56 Å². The van der Waals surface area contributed by atoms with Crippen LogP contribution in [0.1, 0.15) is 16.7 Å². The third kappa shape index (κ3) is 1.65. The van der Waals surface area contributed by atoms with Gasteiger partial charge < -0.3 is 15.8 Å². The first-order valence-electron chi connectivity index (χ1n) is 5.32. The number of carbonyl (C=O) groups excluding carboxylic acids is 1. The summed E-state index contributed by atoms with van der Waals surface area (Å²) in [5.74, 6) is 0. The third-order valence-electron chi connectivity index (χ3n) is 3.17. The second-order valence-electron chi connectivity index (χ2n) is 4.24. The normalized spacial score (nSPS) is 24.1. The van der Waals surface area contributed by atoms with Crippen LogP contribution < -0.4 is 11.1 Å². The molecule has 1 aliphatic rings. The topological polar surface area (TPSA) is 64.3 Å². The van der Waals surface area contributed by atoms with Crippen LogP contribution in [0.3, 0.4) is 0 Å². The van der Waals surface area contributed by atoms with Crippen molar-refractivity contribution in [3.63, 3.8) is 0 Å². The number of amides is 1. The zero-order valence-corrected chi connectivity index (χ0v) is 9.54. The summed E-state index contributed by atoms with van der Waals surface area (Å²) in [5, 5.41) is 2.65. The fraction of sp³-hybridized carbons (Fsp3) is 0.417. The Balaban J connectivity index is 2.41. The molecule has 0 radical (unpaired) electrons. The van der Waals surface area contributed by atoms with Crippen molar-refractivity contribution in [2.45, 2.75) is 19.4 Å². The molecule has 1 aromatic rings. The van der Waals surface area contributed by atoms with Crippen LogP contribution >= 0.6 is 0 Å². The van der Waals surface area contributed by atoms with Crippen molar-refractivity contribution in [2.75, 3.05) is 13.1 Å². The number of hydrogen-bond donors (Lipinski definition) is 2. The van der Waals surface area contributed by atoms with E-state index in [-0.39, 0.29) is 6.54 Å². The van der Waals surface area contributed by atoms with Gasteiger partial charge in [-0.05, 0) is 30.5 Å². The lowest BCUT2D eigenvalue weighted by Gasteiger charge is -2.25. The molecule has 0 aromatic heterocycles. The highest BCUT2D eigenvalue weighted by Crippen LogP contribution is 2.29. The van der Waals surface area contributed by atoms with E-state index in [9.17, 15) is 4.79 Å². The molecule has 1 aliphatic heterocycles. The van der Waals surface area contributed by atoms with E-state index in [4.69, 9.17) is 10.5 Å². The smallest absolute Gasteiger partial charge is 0.408 e. The molecule has 1 heterocycles. The van der Waals surface area contributed by atoms with Crippen LogP contribution in [0.5, 0.6) is 0 Å². The highest BCUT2D eigenvalue weighted by Gasteiger charge is 2.40. The Hall–Kier alpha value is -1.55. The molecule has 16 heavy (non-hydrogen) atoms. The average molecular weight is 220 g/mol. The molecule has 4 nitrogen and oxygen atoms in total. The summed E-state index contributed by atoms with van der Waals surface area (Å²) in [6.07, 6.45) is -0.399. The Kier molecular flexibility index (Phi) is 2.59. The van der Waals surface area contributed by atoms with Crippen molar-refractivity contribution in [1.82, 2.24) is 5.32 Å². The van der Waals surface area contributed by atoms with Crippen LogP contribution in [0.15, 0.2) is 18.2 Å². The quantitative estimate of drug-likeness (QED) is 0.787. The molecular weight excluding hydrogens is 204 g/mol. The van der Waals surface area contributed by atoms with Gasteiger partial charge in [-0.25, -0.2) is 4.79 Å². The standard InChI is InChI=1S/C12H16N2O2/c1-8-3-4-10(5-9(8)2)12(6-13)7-14-11(15)16-12/h3-5H,6-7,13H2,1-2H3,(H,14,15). The van der Waals surface area contributed by atoms with E-state index in [0.29, 0.717) is 6.54 Å². The van der Waals surface area contributed by atoms with Crippen molar-refractivity contribution >= 4 is 6.09 Å². The van der Waals surface area contributed by atoms with Crippen LogP contribution in [0.4, 0.5) is 4.79 Å². The van der Waals surface area contributed by atoms with Gasteiger partial charge >= 0.3 is 6.09 Å². The maximum absolute atomic E-state index is 11.2. The molecule has 1 saturated heterocycles. The molecule has 0 bridgehead atoms. The van der Waals surface area contributed by atoms with E-state index in [2.05, 4.69) is 5.32 Å². The van der Waals surface area contributed by atoms with Gasteiger partial charge in [0.15, 0.2) is 5.60 Å². The van der Waals surface area contributed by atoms with Gasteiger partial charge in [-0.2, -0.15) is 0 Å². The minimum Gasteiger partial charge on any atom is -0.435 e. The number of carbonyl (C=O) groups is 1. The minimum absolute atomic E-state index is 0.286. The number of ether oxygens (including phenoxy) is 1. The second-order valence-corrected chi connectivity index (χ2v) is 4.24. The molecule has 1 unspecified atom stereocenters. The van der Waals surface area contributed by atoms with Crippen LogP contribution in [-0.4, -0.2) is 19.2 Å². The van der Waals surface area contributed by atoms with Gasteiger partial charge in [0, 0.05) is 6.54 Å². The Labute approximate surface area is 94.8 Å². The molecule has 86 valence electrons. The molecule has 1 fully saturated rings. The summed E-state index contributed by atoms with van der Waals surface area (Å²) in [6, 6.07) is 6.02. The maximum atomic E-state index is 11.2. The molecule has 4 heteroatoms. The molecule has 0 spiro atoms. The average Bonchev–Trinajstić information content (AvgIpc) is 2.65. The van der Waals surface area contributed by atoms with Crippen LogP contribution in [0, 0.1) is 13.8 Å². The van der Waals surface area contributed by atoms with Crippen LogP contribution in [-0.2, 0) is 10.3 Å². The number of aryl methyl sites for hydroxylation is 2. The zero-order valence-electron chi connectivity index (χ0n) is 9.54. The van der Waals surface area contributed by atoms with E-state index < -0.39 is 11.7 Å². The Morgan fingerprint density at radius 1 is 1.44 bits per heavy atom. The second kappa shape index (κ2) is 3.79. The summed E-state index contributed by atoms with van der Waals surface area (Å²) in [5.41, 5.74) is 8.38. The molecule has 0 saturated carbocycles. The number of alkyl carbamates (subject to hydrolysis) is 1. The van der Waals surface area contributed by atoms with E-state index in [1.165, 1.54) is 11.1 Å². The third-order valence-corrected chi connectivity index (χ3v) is 3.17. The fourth-order valence-electron chi connectivity index (χ4n) is 1.88. The lowest BCUT2D eigenvalue weighted by molar-refractivity contribution is 0.0616. The van der Waals surface area contributed by atoms with Gasteiger partial charge in [0.05, 0.1) is 6.54 Å². The van der Waals surface area contributed by atoms with E-state index in [1.54, 1.807) is 0 Å². The number of hydrogen-bond acceptors (Lipinski definition) is 3. The predicted molar refractivity (Wildman–Crippen MR) is 61.1 cm³/mol. The van der Waals surface area contributed by atoms with Gasteiger partial charge in [-0.15, -0.1) is 0 Å². The van der Waals surface area contributed by atoms with Gasteiger partial charge in [0.1, 0.15) is 0 Å². The first kappa shape index (κ1) is 11.0. The van der Waals surface area contributed by atoms with Gasteiger partial charge in [0.25, 0.3) is 0 Å². The van der Waals surface area contributed by atoms with Crippen molar-refractivity contribution < 1.29 is 9.53 Å². The maximum Gasteiger partial charge on any atom is 0.408 e. The number of cyclic esters (lactones) is 1. The molecule has 1 amide bonds. The first-order chi connectivity index (χ1) is 7.57. The molecule has 1 aromatic carbocycles. The Morgan fingerprint density at radius 3 is 2.69 bits per heavy atom. The van der Waals surface area contributed by atoms with Crippen molar-refractivity contribution in [2.24, 2.45) is 5.73 Å². The summed E-state index contributed by atoms with van der Waals surface area (Å²) < 4.78 is 5.30. The van der Waals surface area contributed by atoms with Crippen LogP contribution in [0.25, 0.3) is 0 Å². The molecule has 1 atom stereocenters. The highest BCUT2D eigenvalue weighted by atomic mass is 16.6. The summed E-state index contributed by atoms with van der Waals surface area (Å²) in [4.78, 5) is 11.2. The zero-order chi connectivity index (χ0) is 11.8. The Morgan fingerprint density at radius 2 is 2.19 bits per heavy atom. The summed E-state index contributed by atoms with van der Waals surface area (Å²) in [7, 11) is 0. The number of nitrogens with two attached hydrogens (primary N) is 1. The lowest BCUT2D eigenvalue weighted by Crippen LogP contribution is -2.38. The van der Waals surface area contributed by atoms with Gasteiger partial charge in [-0.1, -0.05) is 18.2 Å². The molecule has 3 N–H and O–H groups in total. The minimum atomic E-state index is -0.699. The first-order valence-corrected chi connectivity index (χ1v) is 5.32. The van der Waals surface area contributed by atoms with Crippen molar-refractivity contribution in [1.29, 1.82) is 0 Å². The Bertz CT molecular complexity index is 431. The van der Waals surface area contributed by atoms with Crippen LogP contribution in [0.2, 0.25) is 0 Å². The van der Waals surface area contributed by atoms with Gasteiger partial charge in [0.2, 0.25) is 0 Å². The number of rotatable bonds is 2.